The Morgan fingerprint density at radius 2 is 2.19 bits per heavy atom. The number of aromatic amines is 1. The van der Waals surface area contributed by atoms with Gasteiger partial charge in [0.25, 0.3) is 0 Å². The molecule has 1 unspecified atom stereocenters. The lowest BCUT2D eigenvalue weighted by atomic mass is 10.3. The molecule has 1 aromatic heterocycles. The predicted molar refractivity (Wildman–Crippen MR) is 72.4 cm³/mol. The summed E-state index contributed by atoms with van der Waals surface area (Å²) < 4.78 is 0. The highest BCUT2D eigenvalue weighted by molar-refractivity contribution is 9.09. The molecule has 0 saturated heterocycles. The van der Waals surface area contributed by atoms with Gasteiger partial charge >= 0.3 is 0 Å². The molecule has 0 spiro atoms. The number of benzene rings is 1. The van der Waals surface area contributed by atoms with Gasteiger partial charge in [-0.3, -0.25) is 0 Å². The number of aromatic nitrogens is 2. The van der Waals surface area contributed by atoms with Crippen molar-refractivity contribution in [2.24, 2.45) is 0 Å². The fourth-order valence-electron chi connectivity index (χ4n) is 1.60. The van der Waals surface area contributed by atoms with Crippen LogP contribution in [0.2, 0.25) is 0 Å². The minimum absolute atomic E-state index is 0.541. The zero-order chi connectivity index (χ0) is 11.5. The maximum absolute atomic E-state index is 4.55. The van der Waals surface area contributed by atoms with Gasteiger partial charge in [0.15, 0.2) is 0 Å². The van der Waals surface area contributed by atoms with Crippen molar-refractivity contribution in [3.05, 3.63) is 24.3 Å². The van der Waals surface area contributed by atoms with Crippen LogP contribution in [0.25, 0.3) is 11.0 Å². The van der Waals surface area contributed by atoms with Crippen molar-refractivity contribution in [1.82, 2.24) is 9.97 Å². The number of fused-ring (bicyclic) bond motifs is 1. The van der Waals surface area contributed by atoms with Gasteiger partial charge in [0.1, 0.15) is 0 Å². The first-order valence-electron chi connectivity index (χ1n) is 5.47. The van der Waals surface area contributed by atoms with Gasteiger partial charge in [-0.1, -0.05) is 35.0 Å². The molecule has 1 atom stereocenters. The molecule has 0 bridgehead atoms. The second-order valence-electron chi connectivity index (χ2n) is 4.07. The number of nitrogens with one attached hydrogen (secondary N) is 1. The van der Waals surface area contributed by atoms with Gasteiger partial charge in [0.05, 0.1) is 11.0 Å². The molecular weight excluding hydrogens is 266 g/mol. The quantitative estimate of drug-likeness (QED) is 0.873. The molecule has 0 aliphatic rings. The van der Waals surface area contributed by atoms with Gasteiger partial charge in [-0.2, -0.15) is 0 Å². The van der Waals surface area contributed by atoms with Gasteiger partial charge in [0.2, 0.25) is 5.95 Å². The van der Waals surface area contributed by atoms with E-state index in [0.717, 1.165) is 29.9 Å². The maximum Gasteiger partial charge on any atom is 0.203 e. The minimum Gasteiger partial charge on any atom is -0.345 e. The normalized spacial score (nSPS) is 12.9. The average Bonchev–Trinajstić information content (AvgIpc) is 2.69. The number of anilines is 1. The molecule has 0 fully saturated rings. The molecule has 1 N–H and O–H groups in total. The zero-order valence-electron chi connectivity index (χ0n) is 9.57. The summed E-state index contributed by atoms with van der Waals surface area (Å²) in [5.74, 6) is 0.939. The SMILES string of the molecule is CC(Br)CCN(C)c1nc2ccccc2[nH]1. The number of hydrogen-bond acceptors (Lipinski definition) is 2. The van der Waals surface area contributed by atoms with Gasteiger partial charge in [0, 0.05) is 18.4 Å². The lowest BCUT2D eigenvalue weighted by Crippen LogP contribution is -2.21. The Kier molecular flexibility index (Phi) is 3.49. The predicted octanol–water partition coefficient (Wildman–Crippen LogP) is 3.17. The topological polar surface area (TPSA) is 31.9 Å². The Bertz CT molecular complexity index is 431. The van der Waals surface area contributed by atoms with Gasteiger partial charge < -0.3 is 9.88 Å². The largest absolute Gasteiger partial charge is 0.345 e. The lowest BCUT2D eigenvalue weighted by molar-refractivity contribution is 0.773. The highest BCUT2D eigenvalue weighted by atomic mass is 79.9. The summed E-state index contributed by atoms with van der Waals surface area (Å²) in [6.07, 6.45) is 1.10. The molecule has 0 saturated carbocycles. The van der Waals surface area contributed by atoms with Crippen LogP contribution in [0.3, 0.4) is 0 Å². The highest BCUT2D eigenvalue weighted by Crippen LogP contribution is 2.16. The molecular formula is C12H16BrN3. The van der Waals surface area contributed by atoms with E-state index < -0.39 is 0 Å². The molecule has 0 amide bonds. The van der Waals surface area contributed by atoms with Crippen molar-refractivity contribution in [3.8, 4) is 0 Å². The third kappa shape index (κ3) is 2.55. The zero-order valence-corrected chi connectivity index (χ0v) is 11.2. The van der Waals surface area contributed by atoms with Crippen LogP contribution in [0, 0.1) is 0 Å². The number of nitrogens with zero attached hydrogens (tertiary/aromatic N) is 2. The first-order chi connectivity index (χ1) is 7.66. The summed E-state index contributed by atoms with van der Waals surface area (Å²) in [5.41, 5.74) is 2.12. The second kappa shape index (κ2) is 4.87. The van der Waals surface area contributed by atoms with Crippen LogP contribution in [0.5, 0.6) is 0 Å². The fourth-order valence-corrected chi connectivity index (χ4v) is 1.80. The van der Waals surface area contributed by atoms with Crippen LogP contribution in [0.4, 0.5) is 5.95 Å². The molecule has 0 radical (unpaired) electrons. The van der Waals surface area contributed by atoms with Crippen LogP contribution in [-0.2, 0) is 0 Å². The van der Waals surface area contributed by atoms with Crippen molar-refractivity contribution in [2.75, 3.05) is 18.5 Å². The summed E-state index contributed by atoms with van der Waals surface area (Å²) in [6, 6.07) is 8.10. The number of para-hydroxylation sites is 2. The van der Waals surface area contributed by atoms with Gasteiger partial charge in [-0.25, -0.2) is 4.98 Å². The first kappa shape index (κ1) is 11.5. The number of H-pyrrole nitrogens is 1. The summed E-state index contributed by atoms with van der Waals surface area (Å²) in [6.45, 7) is 3.15. The molecule has 1 aromatic carbocycles. The van der Waals surface area contributed by atoms with E-state index in [2.05, 4.69) is 44.8 Å². The molecule has 16 heavy (non-hydrogen) atoms. The van der Waals surface area contributed by atoms with E-state index >= 15 is 0 Å². The van der Waals surface area contributed by atoms with Crippen molar-refractivity contribution >= 4 is 32.9 Å². The number of halogens is 1. The fraction of sp³-hybridized carbons (Fsp3) is 0.417. The Labute approximate surface area is 104 Å². The van der Waals surface area contributed by atoms with Crippen molar-refractivity contribution < 1.29 is 0 Å². The summed E-state index contributed by atoms with van der Waals surface area (Å²) in [4.78, 5) is 10.6. The lowest BCUT2D eigenvalue weighted by Gasteiger charge is -2.16. The third-order valence-electron chi connectivity index (χ3n) is 2.60. The van der Waals surface area contributed by atoms with E-state index in [0.29, 0.717) is 4.83 Å². The van der Waals surface area contributed by atoms with Crippen LogP contribution in [-0.4, -0.2) is 28.4 Å². The van der Waals surface area contributed by atoms with E-state index in [9.17, 15) is 0 Å². The molecule has 3 nitrogen and oxygen atoms in total. The molecule has 0 aliphatic heterocycles. The van der Waals surface area contributed by atoms with Crippen LogP contribution in [0.15, 0.2) is 24.3 Å². The van der Waals surface area contributed by atoms with E-state index in [1.807, 2.05) is 24.3 Å². The monoisotopic (exact) mass is 281 g/mol. The van der Waals surface area contributed by atoms with E-state index in [1.54, 1.807) is 0 Å². The molecule has 4 heteroatoms. The van der Waals surface area contributed by atoms with E-state index in [-0.39, 0.29) is 0 Å². The third-order valence-corrected chi connectivity index (χ3v) is 3.06. The van der Waals surface area contributed by atoms with Crippen LogP contribution in [0.1, 0.15) is 13.3 Å². The summed E-state index contributed by atoms with van der Waals surface area (Å²) in [7, 11) is 2.06. The van der Waals surface area contributed by atoms with Gasteiger partial charge in [-0.15, -0.1) is 0 Å². The number of imidazole rings is 1. The average molecular weight is 282 g/mol. The number of hydrogen-bond donors (Lipinski definition) is 1. The van der Waals surface area contributed by atoms with Crippen molar-refractivity contribution in [2.45, 2.75) is 18.2 Å². The Balaban J connectivity index is 2.13. The standard InChI is InChI=1S/C12H16BrN3/c1-9(13)7-8-16(2)12-14-10-5-3-4-6-11(10)15-12/h3-6,9H,7-8H2,1-2H3,(H,14,15). The summed E-state index contributed by atoms with van der Waals surface area (Å²) in [5, 5.41) is 0. The molecule has 2 aromatic rings. The number of alkyl halides is 1. The first-order valence-corrected chi connectivity index (χ1v) is 6.38. The van der Waals surface area contributed by atoms with Gasteiger partial charge in [-0.05, 0) is 18.6 Å². The molecule has 0 aliphatic carbocycles. The van der Waals surface area contributed by atoms with Crippen LogP contribution < -0.4 is 4.90 Å². The Morgan fingerprint density at radius 3 is 2.88 bits per heavy atom. The highest BCUT2D eigenvalue weighted by Gasteiger charge is 2.07. The van der Waals surface area contributed by atoms with Crippen LogP contribution >= 0.6 is 15.9 Å². The van der Waals surface area contributed by atoms with E-state index in [4.69, 9.17) is 0 Å². The Morgan fingerprint density at radius 1 is 1.44 bits per heavy atom. The summed E-state index contributed by atoms with van der Waals surface area (Å²) >= 11 is 3.55. The second-order valence-corrected chi connectivity index (χ2v) is 5.63. The Hall–Kier alpha value is -1.03. The molecule has 1 heterocycles. The maximum atomic E-state index is 4.55. The minimum atomic E-state index is 0.541. The van der Waals surface area contributed by atoms with Crippen molar-refractivity contribution in [3.63, 3.8) is 0 Å². The van der Waals surface area contributed by atoms with Crippen molar-refractivity contribution in [1.29, 1.82) is 0 Å². The molecule has 86 valence electrons. The number of rotatable bonds is 4. The smallest absolute Gasteiger partial charge is 0.203 e. The molecule has 2 rings (SSSR count). The van der Waals surface area contributed by atoms with E-state index in [1.165, 1.54) is 0 Å².